The van der Waals surface area contributed by atoms with E-state index >= 15 is 0 Å². The quantitative estimate of drug-likeness (QED) is 0.718. The van der Waals surface area contributed by atoms with Gasteiger partial charge in [0.05, 0.1) is 10.5 Å². The van der Waals surface area contributed by atoms with Crippen LogP contribution in [0.1, 0.15) is 12.0 Å². The van der Waals surface area contributed by atoms with Crippen LogP contribution >= 0.6 is 0 Å². The molecule has 0 fully saturated rings. The second-order valence-electron chi connectivity index (χ2n) is 4.06. The first-order chi connectivity index (χ1) is 9.54. The lowest BCUT2D eigenvalue weighted by Crippen LogP contribution is -2.30. The molecule has 0 saturated heterocycles. The van der Waals surface area contributed by atoms with E-state index in [0.717, 1.165) is 12.1 Å². The Hall–Kier alpha value is -1.65. The molecule has 0 unspecified atom stereocenters. The molecule has 21 heavy (non-hydrogen) atoms. The van der Waals surface area contributed by atoms with Crippen molar-refractivity contribution in [3.8, 4) is 0 Å². The molecule has 1 rings (SSSR count). The number of carboxylic acid groups (broad SMARTS) is 1. The standard InChI is InChI=1S/C11H12F3NO5S/c12-11(13,14)7-1-3-8(4-2-7)21(19,20)15-6-5-9(16)10(17)18/h1-4,9,15-16H,5-6H2,(H,17,18)/t9-/m0/s1. The van der Waals surface area contributed by atoms with E-state index in [4.69, 9.17) is 10.2 Å². The highest BCUT2D eigenvalue weighted by atomic mass is 32.2. The summed E-state index contributed by atoms with van der Waals surface area (Å²) in [5.41, 5.74) is -0.984. The molecule has 0 saturated carbocycles. The summed E-state index contributed by atoms with van der Waals surface area (Å²) in [6, 6.07) is 2.83. The van der Waals surface area contributed by atoms with Gasteiger partial charge < -0.3 is 10.2 Å². The fourth-order valence-electron chi connectivity index (χ4n) is 1.36. The summed E-state index contributed by atoms with van der Waals surface area (Å²) >= 11 is 0. The fraction of sp³-hybridized carbons (Fsp3) is 0.364. The van der Waals surface area contributed by atoms with Gasteiger partial charge in [0.15, 0.2) is 6.10 Å². The van der Waals surface area contributed by atoms with Crippen LogP contribution < -0.4 is 4.72 Å². The number of alkyl halides is 3. The first-order valence-electron chi connectivity index (χ1n) is 5.62. The maximum atomic E-state index is 12.3. The van der Waals surface area contributed by atoms with Crippen LogP contribution in [-0.4, -0.2) is 37.2 Å². The zero-order valence-corrected chi connectivity index (χ0v) is 11.3. The number of nitrogens with one attached hydrogen (secondary N) is 1. The van der Waals surface area contributed by atoms with Gasteiger partial charge in [-0.25, -0.2) is 17.9 Å². The van der Waals surface area contributed by atoms with Crippen LogP contribution in [-0.2, 0) is 21.0 Å². The van der Waals surface area contributed by atoms with Gasteiger partial charge in [-0.05, 0) is 30.7 Å². The Morgan fingerprint density at radius 3 is 2.19 bits per heavy atom. The lowest BCUT2D eigenvalue weighted by Gasteiger charge is -2.10. The van der Waals surface area contributed by atoms with Crippen LogP contribution in [0.2, 0.25) is 0 Å². The summed E-state index contributed by atoms with van der Waals surface area (Å²) in [5.74, 6) is -1.50. The molecule has 0 radical (unpaired) electrons. The van der Waals surface area contributed by atoms with Gasteiger partial charge in [0, 0.05) is 6.54 Å². The van der Waals surface area contributed by atoms with Gasteiger partial charge in [0.25, 0.3) is 0 Å². The second kappa shape index (κ2) is 6.41. The topological polar surface area (TPSA) is 104 Å². The largest absolute Gasteiger partial charge is 0.479 e. The Morgan fingerprint density at radius 1 is 1.24 bits per heavy atom. The highest BCUT2D eigenvalue weighted by molar-refractivity contribution is 7.89. The summed E-state index contributed by atoms with van der Waals surface area (Å²) in [6.45, 7) is -0.364. The molecule has 0 aliphatic rings. The number of carboxylic acids is 1. The van der Waals surface area contributed by atoms with Crippen LogP contribution in [0.5, 0.6) is 0 Å². The minimum atomic E-state index is -4.57. The van der Waals surface area contributed by atoms with Gasteiger partial charge in [-0.1, -0.05) is 0 Å². The van der Waals surface area contributed by atoms with Gasteiger partial charge >= 0.3 is 12.1 Å². The van der Waals surface area contributed by atoms with Crippen molar-refractivity contribution in [3.63, 3.8) is 0 Å². The third-order valence-electron chi connectivity index (χ3n) is 2.49. The SMILES string of the molecule is O=C(O)[C@@H](O)CCNS(=O)(=O)c1ccc(C(F)(F)F)cc1. The average Bonchev–Trinajstić information content (AvgIpc) is 2.37. The molecular weight excluding hydrogens is 315 g/mol. The number of hydrogen-bond donors (Lipinski definition) is 3. The number of benzene rings is 1. The summed E-state index contributed by atoms with van der Waals surface area (Å²) in [7, 11) is -4.07. The first-order valence-corrected chi connectivity index (χ1v) is 7.10. The van der Waals surface area contributed by atoms with Crippen molar-refractivity contribution in [2.45, 2.75) is 23.6 Å². The zero-order valence-electron chi connectivity index (χ0n) is 10.5. The zero-order chi connectivity index (χ0) is 16.3. The molecule has 0 aromatic heterocycles. The van der Waals surface area contributed by atoms with Crippen molar-refractivity contribution in [2.75, 3.05) is 6.54 Å². The van der Waals surface area contributed by atoms with Crippen molar-refractivity contribution in [3.05, 3.63) is 29.8 Å². The Bertz CT molecular complexity index is 597. The van der Waals surface area contributed by atoms with Crippen LogP contribution in [0.3, 0.4) is 0 Å². The molecule has 0 aliphatic carbocycles. The molecule has 0 amide bonds. The molecule has 6 nitrogen and oxygen atoms in total. The van der Waals surface area contributed by atoms with Gasteiger partial charge in [-0.3, -0.25) is 0 Å². The molecule has 10 heteroatoms. The van der Waals surface area contributed by atoms with Gasteiger partial charge in [-0.15, -0.1) is 0 Å². The van der Waals surface area contributed by atoms with E-state index in [1.807, 2.05) is 4.72 Å². The number of carbonyl (C=O) groups is 1. The van der Waals surface area contributed by atoms with Crippen LogP contribution in [0, 0.1) is 0 Å². The van der Waals surface area contributed by atoms with Crippen molar-refractivity contribution in [1.29, 1.82) is 0 Å². The van der Waals surface area contributed by atoms with E-state index in [1.54, 1.807) is 0 Å². The molecular formula is C11H12F3NO5S. The fourth-order valence-corrected chi connectivity index (χ4v) is 2.41. The monoisotopic (exact) mass is 327 g/mol. The highest BCUT2D eigenvalue weighted by Crippen LogP contribution is 2.29. The van der Waals surface area contributed by atoms with Crippen molar-refractivity contribution < 1.29 is 36.6 Å². The summed E-state index contributed by atoms with van der Waals surface area (Å²) in [4.78, 5) is 9.93. The predicted molar refractivity (Wildman–Crippen MR) is 64.9 cm³/mol. The first kappa shape index (κ1) is 17.4. The molecule has 1 atom stereocenters. The van der Waals surface area contributed by atoms with E-state index in [-0.39, 0.29) is 17.9 Å². The Balaban J connectivity index is 2.73. The van der Waals surface area contributed by atoms with Crippen molar-refractivity contribution in [2.24, 2.45) is 0 Å². The van der Waals surface area contributed by atoms with Crippen LogP contribution in [0.15, 0.2) is 29.2 Å². The molecule has 118 valence electrons. The number of aliphatic hydroxyl groups excluding tert-OH is 1. The molecule has 0 aliphatic heterocycles. The maximum Gasteiger partial charge on any atom is 0.416 e. The maximum absolute atomic E-state index is 12.3. The Kier molecular flexibility index (Phi) is 5.31. The number of halogens is 3. The summed E-state index contributed by atoms with van der Waals surface area (Å²) in [5, 5.41) is 17.4. The smallest absolute Gasteiger partial charge is 0.416 e. The third-order valence-corrected chi connectivity index (χ3v) is 3.96. The Morgan fingerprint density at radius 2 is 1.76 bits per heavy atom. The minimum absolute atomic E-state index is 0.364. The average molecular weight is 327 g/mol. The van der Waals surface area contributed by atoms with E-state index in [2.05, 4.69) is 0 Å². The van der Waals surface area contributed by atoms with Crippen molar-refractivity contribution >= 4 is 16.0 Å². The predicted octanol–water partition coefficient (Wildman–Crippen LogP) is 0.819. The number of aliphatic carboxylic acids is 1. The van der Waals surface area contributed by atoms with Crippen LogP contribution in [0.4, 0.5) is 13.2 Å². The molecule has 0 heterocycles. The lowest BCUT2D eigenvalue weighted by atomic mass is 10.2. The van der Waals surface area contributed by atoms with Gasteiger partial charge in [0.1, 0.15) is 0 Å². The van der Waals surface area contributed by atoms with E-state index in [9.17, 15) is 26.4 Å². The normalized spacial score (nSPS) is 13.9. The Labute approximate surface area is 118 Å². The molecule has 1 aromatic rings. The van der Waals surface area contributed by atoms with E-state index < -0.39 is 33.8 Å². The summed E-state index contributed by atoms with van der Waals surface area (Å²) in [6.07, 6.45) is -6.66. The molecule has 3 N–H and O–H groups in total. The van der Waals surface area contributed by atoms with Gasteiger partial charge in [0.2, 0.25) is 10.0 Å². The van der Waals surface area contributed by atoms with Crippen molar-refractivity contribution in [1.82, 2.24) is 4.72 Å². The molecule has 1 aromatic carbocycles. The lowest BCUT2D eigenvalue weighted by molar-refractivity contribution is -0.146. The number of sulfonamides is 1. The minimum Gasteiger partial charge on any atom is -0.479 e. The molecule has 0 bridgehead atoms. The van der Waals surface area contributed by atoms with E-state index in [1.165, 1.54) is 0 Å². The van der Waals surface area contributed by atoms with Crippen LogP contribution in [0.25, 0.3) is 0 Å². The summed E-state index contributed by atoms with van der Waals surface area (Å²) < 4.78 is 62.4. The number of hydrogen-bond acceptors (Lipinski definition) is 4. The van der Waals surface area contributed by atoms with Gasteiger partial charge in [-0.2, -0.15) is 13.2 Å². The number of aliphatic hydroxyl groups is 1. The number of rotatable bonds is 6. The molecule has 0 spiro atoms. The highest BCUT2D eigenvalue weighted by Gasteiger charge is 2.30. The third kappa shape index (κ3) is 4.99. The second-order valence-corrected chi connectivity index (χ2v) is 5.83. The van der Waals surface area contributed by atoms with E-state index in [0.29, 0.717) is 12.1 Å².